The normalized spacial score (nSPS) is 42.2. The Morgan fingerprint density at radius 1 is 1.23 bits per heavy atom. The molecule has 0 aliphatic heterocycles. The van der Waals surface area contributed by atoms with Gasteiger partial charge in [0.2, 0.25) is 0 Å². The summed E-state index contributed by atoms with van der Waals surface area (Å²) in [4.78, 5) is 0. The summed E-state index contributed by atoms with van der Waals surface area (Å²) < 4.78 is 0. The van der Waals surface area contributed by atoms with E-state index >= 15 is 0 Å². The SMILES string of the molecule is CC(O)C(O)CC1CC2CCC1C2. The van der Waals surface area contributed by atoms with E-state index in [4.69, 9.17) is 0 Å². The maximum Gasteiger partial charge on any atom is 0.0799 e. The van der Waals surface area contributed by atoms with Gasteiger partial charge in [0.1, 0.15) is 0 Å². The molecule has 2 aliphatic rings. The number of aliphatic hydroxyl groups excluding tert-OH is 2. The summed E-state index contributed by atoms with van der Waals surface area (Å²) in [5.41, 5.74) is 0. The fraction of sp³-hybridized carbons (Fsp3) is 1.00. The van der Waals surface area contributed by atoms with Crippen molar-refractivity contribution in [3.63, 3.8) is 0 Å². The first-order valence-corrected chi connectivity index (χ1v) is 5.53. The van der Waals surface area contributed by atoms with Crippen LogP contribution in [-0.2, 0) is 0 Å². The van der Waals surface area contributed by atoms with Gasteiger partial charge in [0.15, 0.2) is 0 Å². The second-order valence-corrected chi connectivity index (χ2v) is 4.98. The molecule has 0 aromatic carbocycles. The Labute approximate surface area is 80.0 Å². The number of rotatable bonds is 3. The van der Waals surface area contributed by atoms with Gasteiger partial charge in [-0.25, -0.2) is 0 Å². The quantitative estimate of drug-likeness (QED) is 0.698. The summed E-state index contributed by atoms with van der Waals surface area (Å²) in [6.07, 6.45) is 5.22. The minimum absolute atomic E-state index is 0.496. The minimum atomic E-state index is -0.556. The number of fused-ring (bicyclic) bond motifs is 2. The first-order chi connectivity index (χ1) is 6.16. The molecule has 2 rings (SSSR count). The Balaban J connectivity index is 1.83. The number of hydrogen-bond donors (Lipinski definition) is 2. The second kappa shape index (κ2) is 3.58. The zero-order valence-electron chi connectivity index (χ0n) is 8.32. The maximum atomic E-state index is 9.56. The summed E-state index contributed by atoms with van der Waals surface area (Å²) in [6, 6.07) is 0. The van der Waals surface area contributed by atoms with Gasteiger partial charge in [-0.1, -0.05) is 6.42 Å². The van der Waals surface area contributed by atoms with Crippen LogP contribution in [0.15, 0.2) is 0 Å². The molecule has 2 bridgehead atoms. The second-order valence-electron chi connectivity index (χ2n) is 4.98. The van der Waals surface area contributed by atoms with Crippen LogP contribution in [0.4, 0.5) is 0 Å². The van der Waals surface area contributed by atoms with Gasteiger partial charge < -0.3 is 10.2 Å². The summed E-state index contributed by atoms with van der Waals surface area (Å²) in [5.74, 6) is 2.50. The first-order valence-electron chi connectivity index (χ1n) is 5.53. The molecule has 2 nitrogen and oxygen atoms in total. The van der Waals surface area contributed by atoms with E-state index in [-0.39, 0.29) is 0 Å². The highest BCUT2D eigenvalue weighted by Crippen LogP contribution is 2.49. The predicted octanol–water partition coefficient (Wildman–Crippen LogP) is 1.55. The van der Waals surface area contributed by atoms with Gasteiger partial charge in [-0.2, -0.15) is 0 Å². The van der Waals surface area contributed by atoms with Crippen molar-refractivity contribution in [1.29, 1.82) is 0 Å². The predicted molar refractivity (Wildman–Crippen MR) is 51.2 cm³/mol. The van der Waals surface area contributed by atoms with Crippen LogP contribution >= 0.6 is 0 Å². The van der Waals surface area contributed by atoms with Crippen molar-refractivity contribution in [2.24, 2.45) is 17.8 Å². The zero-order valence-corrected chi connectivity index (χ0v) is 8.32. The molecular formula is C11H20O2. The minimum Gasteiger partial charge on any atom is -0.391 e. The van der Waals surface area contributed by atoms with E-state index in [0.717, 1.165) is 18.3 Å². The molecule has 0 aromatic heterocycles. The molecule has 0 aromatic rings. The number of aliphatic hydroxyl groups is 2. The lowest BCUT2D eigenvalue weighted by Gasteiger charge is -2.25. The first kappa shape index (κ1) is 9.47. The Morgan fingerprint density at radius 3 is 2.46 bits per heavy atom. The van der Waals surface area contributed by atoms with Gasteiger partial charge in [0, 0.05) is 0 Å². The monoisotopic (exact) mass is 184 g/mol. The summed E-state index contributed by atoms with van der Waals surface area (Å²) >= 11 is 0. The molecule has 0 heterocycles. The standard InChI is InChI=1S/C11H20O2/c1-7(12)11(13)6-10-5-8-2-3-9(10)4-8/h7-13H,2-6H2,1H3. The van der Waals surface area contributed by atoms with Gasteiger partial charge in [-0.05, 0) is 50.4 Å². The topological polar surface area (TPSA) is 40.5 Å². The van der Waals surface area contributed by atoms with Gasteiger partial charge in [0.05, 0.1) is 12.2 Å². The molecule has 13 heavy (non-hydrogen) atoms. The average molecular weight is 184 g/mol. The van der Waals surface area contributed by atoms with Crippen LogP contribution < -0.4 is 0 Å². The average Bonchev–Trinajstić information content (AvgIpc) is 2.64. The molecule has 0 saturated heterocycles. The highest BCUT2D eigenvalue weighted by Gasteiger charge is 2.40. The van der Waals surface area contributed by atoms with Crippen LogP contribution in [0.25, 0.3) is 0 Å². The van der Waals surface area contributed by atoms with E-state index < -0.39 is 12.2 Å². The van der Waals surface area contributed by atoms with Gasteiger partial charge in [-0.15, -0.1) is 0 Å². The molecule has 0 amide bonds. The van der Waals surface area contributed by atoms with E-state index in [1.165, 1.54) is 25.7 Å². The van der Waals surface area contributed by atoms with Crippen molar-refractivity contribution in [2.45, 2.75) is 51.2 Å². The Kier molecular flexibility index (Phi) is 2.61. The van der Waals surface area contributed by atoms with E-state index in [2.05, 4.69) is 0 Å². The largest absolute Gasteiger partial charge is 0.391 e. The van der Waals surface area contributed by atoms with Crippen molar-refractivity contribution in [3.05, 3.63) is 0 Å². The van der Waals surface area contributed by atoms with Crippen LogP contribution in [0.5, 0.6) is 0 Å². The lowest BCUT2D eigenvalue weighted by atomic mass is 9.84. The molecule has 2 aliphatic carbocycles. The van der Waals surface area contributed by atoms with Crippen LogP contribution in [0, 0.1) is 17.8 Å². The molecular weight excluding hydrogens is 164 g/mol. The van der Waals surface area contributed by atoms with E-state index in [1.54, 1.807) is 6.92 Å². The van der Waals surface area contributed by atoms with E-state index in [9.17, 15) is 10.2 Å². The molecule has 0 radical (unpaired) electrons. The van der Waals surface area contributed by atoms with Crippen molar-refractivity contribution >= 4 is 0 Å². The van der Waals surface area contributed by atoms with Crippen LogP contribution in [0.2, 0.25) is 0 Å². The lowest BCUT2D eigenvalue weighted by Crippen LogP contribution is -2.27. The fourth-order valence-electron chi connectivity index (χ4n) is 3.17. The summed E-state index contributed by atoms with van der Waals surface area (Å²) in [5, 5.41) is 18.8. The molecule has 76 valence electrons. The van der Waals surface area contributed by atoms with Crippen molar-refractivity contribution in [3.8, 4) is 0 Å². The molecule has 2 heteroatoms. The lowest BCUT2D eigenvalue weighted by molar-refractivity contribution is 0.0103. The van der Waals surface area contributed by atoms with Crippen molar-refractivity contribution in [2.75, 3.05) is 0 Å². The Bertz CT molecular complexity index is 179. The third kappa shape index (κ3) is 1.89. The third-order valence-corrected chi connectivity index (χ3v) is 3.99. The Morgan fingerprint density at radius 2 is 2.00 bits per heavy atom. The highest BCUT2D eigenvalue weighted by atomic mass is 16.3. The Hall–Kier alpha value is -0.0800. The molecule has 2 N–H and O–H groups in total. The molecule has 2 fully saturated rings. The maximum absolute atomic E-state index is 9.56. The fourth-order valence-corrected chi connectivity index (χ4v) is 3.17. The van der Waals surface area contributed by atoms with Gasteiger partial charge in [-0.3, -0.25) is 0 Å². The van der Waals surface area contributed by atoms with Crippen LogP contribution in [0.1, 0.15) is 39.0 Å². The highest BCUT2D eigenvalue weighted by molar-refractivity contribution is 4.91. The van der Waals surface area contributed by atoms with Crippen molar-refractivity contribution < 1.29 is 10.2 Å². The zero-order chi connectivity index (χ0) is 9.42. The van der Waals surface area contributed by atoms with Crippen LogP contribution in [0.3, 0.4) is 0 Å². The van der Waals surface area contributed by atoms with E-state index in [1.807, 2.05) is 0 Å². The molecule has 5 unspecified atom stereocenters. The van der Waals surface area contributed by atoms with Crippen molar-refractivity contribution in [1.82, 2.24) is 0 Å². The van der Waals surface area contributed by atoms with Gasteiger partial charge >= 0.3 is 0 Å². The third-order valence-electron chi connectivity index (χ3n) is 3.99. The van der Waals surface area contributed by atoms with Gasteiger partial charge in [0.25, 0.3) is 0 Å². The number of hydrogen-bond acceptors (Lipinski definition) is 2. The van der Waals surface area contributed by atoms with E-state index in [0.29, 0.717) is 5.92 Å². The van der Waals surface area contributed by atoms with Crippen LogP contribution in [-0.4, -0.2) is 22.4 Å². The molecule has 0 spiro atoms. The smallest absolute Gasteiger partial charge is 0.0799 e. The molecule has 5 atom stereocenters. The summed E-state index contributed by atoms with van der Waals surface area (Å²) in [6.45, 7) is 1.68. The summed E-state index contributed by atoms with van der Waals surface area (Å²) in [7, 11) is 0. The molecule has 2 saturated carbocycles.